The second kappa shape index (κ2) is 13.5. The second-order valence-electron chi connectivity index (χ2n) is 9.30. The highest BCUT2D eigenvalue weighted by Crippen LogP contribution is 2.31. The molecule has 1 saturated carbocycles. The van der Waals surface area contributed by atoms with Crippen LogP contribution in [0.3, 0.4) is 0 Å². The Labute approximate surface area is 234 Å². The van der Waals surface area contributed by atoms with Gasteiger partial charge < -0.3 is 13.8 Å². The molecular formula is C30H31ClN2O4S. The number of halogens is 1. The predicted octanol–water partition coefficient (Wildman–Crippen LogP) is 7.24. The Hall–Kier alpha value is -3.29. The summed E-state index contributed by atoms with van der Waals surface area (Å²) in [7, 11) is 1.55. The van der Waals surface area contributed by atoms with Crippen molar-refractivity contribution in [1.29, 1.82) is 0 Å². The van der Waals surface area contributed by atoms with Crippen molar-refractivity contribution in [3.63, 3.8) is 0 Å². The number of methoxy groups -OCH3 is 1. The minimum absolute atomic E-state index is 0.183. The molecule has 1 aliphatic heterocycles. The van der Waals surface area contributed by atoms with E-state index in [9.17, 15) is 9.59 Å². The SMILES string of the molecule is C1CCCC1.COC1=Nc2cc(Cl)ccc2C(=O)N(Cc2ccc(C(=O)OS)cc2)C1Cc1ccccc1. The first-order chi connectivity index (χ1) is 18.5. The summed E-state index contributed by atoms with van der Waals surface area (Å²) in [5.74, 6) is -0.307. The number of rotatable bonds is 5. The van der Waals surface area contributed by atoms with E-state index >= 15 is 0 Å². The van der Waals surface area contributed by atoms with Gasteiger partial charge >= 0.3 is 5.97 Å². The number of hydrogen-bond acceptors (Lipinski definition) is 6. The molecule has 198 valence electrons. The third kappa shape index (κ3) is 6.97. The monoisotopic (exact) mass is 550 g/mol. The zero-order valence-corrected chi connectivity index (χ0v) is 23.0. The average molecular weight is 551 g/mol. The maximum atomic E-state index is 13.7. The quantitative estimate of drug-likeness (QED) is 0.268. The van der Waals surface area contributed by atoms with Crippen LogP contribution >= 0.6 is 24.5 Å². The fourth-order valence-electron chi connectivity index (χ4n) is 4.68. The fraction of sp³-hybridized carbons (Fsp3) is 0.300. The first-order valence-electron chi connectivity index (χ1n) is 12.7. The van der Waals surface area contributed by atoms with Gasteiger partial charge in [-0.25, -0.2) is 9.79 Å². The summed E-state index contributed by atoms with van der Waals surface area (Å²) in [5, 5.41) is 0.487. The normalized spacial score (nSPS) is 16.5. The number of hydrogen-bond donors (Lipinski definition) is 1. The van der Waals surface area contributed by atoms with E-state index in [-0.39, 0.29) is 12.5 Å². The maximum absolute atomic E-state index is 13.7. The molecule has 1 aliphatic carbocycles. The number of aliphatic imine (C=N–C) groups is 1. The molecule has 1 atom stereocenters. The Morgan fingerprint density at radius 3 is 2.24 bits per heavy atom. The topological polar surface area (TPSA) is 68.2 Å². The predicted molar refractivity (Wildman–Crippen MR) is 153 cm³/mol. The highest BCUT2D eigenvalue weighted by atomic mass is 35.5. The number of thiol groups is 1. The van der Waals surface area contributed by atoms with Crippen LogP contribution in [-0.4, -0.2) is 35.8 Å². The van der Waals surface area contributed by atoms with Crippen LogP contribution in [0.2, 0.25) is 5.02 Å². The van der Waals surface area contributed by atoms with E-state index in [1.807, 2.05) is 30.3 Å². The van der Waals surface area contributed by atoms with Gasteiger partial charge in [0.2, 0.25) is 5.90 Å². The molecule has 6 nitrogen and oxygen atoms in total. The van der Waals surface area contributed by atoms with Crippen molar-refractivity contribution in [2.24, 2.45) is 4.99 Å². The third-order valence-corrected chi connectivity index (χ3v) is 7.10. The van der Waals surface area contributed by atoms with Gasteiger partial charge in [-0.2, -0.15) is 0 Å². The molecule has 38 heavy (non-hydrogen) atoms. The molecule has 1 fully saturated rings. The lowest BCUT2D eigenvalue weighted by Crippen LogP contribution is -2.45. The Bertz CT molecular complexity index is 1270. The first-order valence-corrected chi connectivity index (χ1v) is 13.5. The highest BCUT2D eigenvalue weighted by molar-refractivity contribution is 7.75. The van der Waals surface area contributed by atoms with Crippen LogP contribution < -0.4 is 0 Å². The molecule has 1 amide bonds. The number of amides is 1. The molecule has 3 aromatic rings. The van der Waals surface area contributed by atoms with Crippen LogP contribution in [0.15, 0.2) is 77.8 Å². The maximum Gasteiger partial charge on any atom is 0.349 e. The molecule has 1 unspecified atom stereocenters. The molecule has 0 spiro atoms. The molecule has 1 heterocycles. The van der Waals surface area contributed by atoms with Crippen molar-refractivity contribution in [2.75, 3.05) is 7.11 Å². The molecular weight excluding hydrogens is 520 g/mol. The summed E-state index contributed by atoms with van der Waals surface area (Å²) in [5.41, 5.74) is 3.17. The van der Waals surface area contributed by atoms with Gasteiger partial charge in [0.25, 0.3) is 5.91 Å². The molecule has 2 aliphatic rings. The van der Waals surface area contributed by atoms with Crippen molar-refractivity contribution in [3.05, 3.63) is 100 Å². The lowest BCUT2D eigenvalue weighted by Gasteiger charge is -2.31. The minimum Gasteiger partial charge on any atom is -0.483 e. The van der Waals surface area contributed by atoms with Crippen LogP contribution in [0.5, 0.6) is 0 Å². The molecule has 0 radical (unpaired) electrons. The Morgan fingerprint density at radius 2 is 1.63 bits per heavy atom. The number of ether oxygens (including phenoxy) is 1. The lowest BCUT2D eigenvalue weighted by molar-refractivity contribution is 0.0697. The molecule has 0 bridgehead atoms. The molecule has 5 rings (SSSR count). The van der Waals surface area contributed by atoms with E-state index in [0.29, 0.717) is 34.2 Å². The molecule has 0 saturated heterocycles. The van der Waals surface area contributed by atoms with Gasteiger partial charge in [0.1, 0.15) is 6.04 Å². The Kier molecular flexibility index (Phi) is 9.85. The zero-order valence-electron chi connectivity index (χ0n) is 21.3. The van der Waals surface area contributed by atoms with Crippen LogP contribution in [0.1, 0.15) is 63.9 Å². The largest absolute Gasteiger partial charge is 0.483 e. The van der Waals surface area contributed by atoms with E-state index in [2.05, 4.69) is 22.1 Å². The number of benzene rings is 3. The van der Waals surface area contributed by atoms with Crippen molar-refractivity contribution in [3.8, 4) is 0 Å². The average Bonchev–Trinajstić information content (AvgIpc) is 3.52. The summed E-state index contributed by atoms with van der Waals surface area (Å²) >= 11 is 9.73. The smallest absolute Gasteiger partial charge is 0.349 e. The number of nitrogens with zero attached hydrogens (tertiary/aromatic N) is 2. The van der Waals surface area contributed by atoms with Crippen LogP contribution in [0.4, 0.5) is 5.69 Å². The second-order valence-corrected chi connectivity index (χ2v) is 9.92. The van der Waals surface area contributed by atoms with Gasteiger partial charge in [-0.1, -0.05) is 86.2 Å². The lowest BCUT2D eigenvalue weighted by atomic mass is 10.0. The van der Waals surface area contributed by atoms with E-state index in [0.717, 1.165) is 11.1 Å². The minimum atomic E-state index is -0.544. The van der Waals surface area contributed by atoms with Gasteiger partial charge in [0.05, 0.1) is 23.9 Å². The van der Waals surface area contributed by atoms with Gasteiger partial charge in [0.15, 0.2) is 0 Å². The molecule has 3 aromatic carbocycles. The van der Waals surface area contributed by atoms with Crippen molar-refractivity contribution in [2.45, 2.75) is 51.1 Å². The van der Waals surface area contributed by atoms with Crippen molar-refractivity contribution in [1.82, 2.24) is 4.90 Å². The Morgan fingerprint density at radius 1 is 0.974 bits per heavy atom. The van der Waals surface area contributed by atoms with Crippen LogP contribution in [0.25, 0.3) is 0 Å². The Balaban J connectivity index is 0.000000603. The summed E-state index contributed by atoms with van der Waals surface area (Å²) in [6, 6.07) is 21.3. The third-order valence-electron chi connectivity index (χ3n) is 6.70. The van der Waals surface area contributed by atoms with Gasteiger partial charge in [-0.3, -0.25) is 4.79 Å². The first kappa shape index (κ1) is 27.7. The van der Waals surface area contributed by atoms with Crippen LogP contribution in [-0.2, 0) is 21.9 Å². The van der Waals surface area contributed by atoms with E-state index in [1.165, 1.54) is 32.1 Å². The number of carbonyl (C=O) groups excluding carboxylic acids is 2. The zero-order chi connectivity index (χ0) is 26.9. The van der Waals surface area contributed by atoms with E-state index in [1.54, 1.807) is 54.5 Å². The van der Waals surface area contributed by atoms with Crippen LogP contribution in [0, 0.1) is 0 Å². The van der Waals surface area contributed by atoms with Gasteiger partial charge in [0, 0.05) is 30.9 Å². The van der Waals surface area contributed by atoms with Crippen molar-refractivity contribution >= 4 is 48.0 Å². The highest BCUT2D eigenvalue weighted by Gasteiger charge is 2.34. The van der Waals surface area contributed by atoms with Gasteiger partial charge in [-0.15, -0.1) is 0 Å². The standard InChI is InChI=1S/C25H21ClN2O4S.C5H10/c1-31-23-22(13-16-5-3-2-4-6-16)28(15-17-7-9-18(10-8-17)25(30)32-33)24(29)20-12-11-19(26)14-21(20)27-23;1-2-4-5-3-1/h2-12,14,22,33H,13,15H2,1H3;1-5H2. The molecule has 0 aromatic heterocycles. The summed E-state index contributed by atoms with van der Waals surface area (Å²) in [6.45, 7) is 0.289. The molecule has 8 heteroatoms. The van der Waals surface area contributed by atoms with Crippen molar-refractivity contribution < 1.29 is 18.5 Å². The summed E-state index contributed by atoms with van der Waals surface area (Å²) < 4.78 is 10.1. The number of fused-ring (bicyclic) bond motifs is 1. The van der Waals surface area contributed by atoms with E-state index < -0.39 is 12.0 Å². The van der Waals surface area contributed by atoms with Gasteiger partial charge in [-0.05, 0) is 41.5 Å². The fourth-order valence-corrected chi connectivity index (χ4v) is 4.95. The van der Waals surface area contributed by atoms with E-state index in [4.69, 9.17) is 16.3 Å². The number of carbonyl (C=O) groups is 2. The summed E-state index contributed by atoms with van der Waals surface area (Å²) in [4.78, 5) is 31.8. The molecule has 0 N–H and O–H groups in total. The summed E-state index contributed by atoms with van der Waals surface area (Å²) in [6.07, 6.45) is 8.02.